The number of halogens is 3. The average Bonchev–Trinajstić information content (AvgIpc) is 2.57. The highest BCUT2D eigenvalue weighted by molar-refractivity contribution is 6.11. The summed E-state index contributed by atoms with van der Waals surface area (Å²) in [6.45, 7) is 0. The number of carbonyl (C=O) groups is 1. The van der Waals surface area contributed by atoms with E-state index in [-0.39, 0.29) is 17.9 Å². The molecular formula is C10H8F3N3O. The molecule has 0 radical (unpaired) electrons. The van der Waals surface area contributed by atoms with Crippen molar-refractivity contribution in [1.29, 1.82) is 0 Å². The van der Waals surface area contributed by atoms with Crippen molar-refractivity contribution in [2.24, 2.45) is 10.8 Å². The molecule has 0 bridgehead atoms. The molecule has 0 aromatic heterocycles. The van der Waals surface area contributed by atoms with Crippen LogP contribution in [-0.4, -0.2) is 11.7 Å². The number of benzene rings is 1. The number of hydrazone groups is 1. The van der Waals surface area contributed by atoms with Crippen molar-refractivity contribution in [2.45, 2.75) is 12.6 Å². The van der Waals surface area contributed by atoms with Crippen LogP contribution >= 0.6 is 0 Å². The maximum atomic E-state index is 12.5. The van der Waals surface area contributed by atoms with Gasteiger partial charge < -0.3 is 5.73 Å². The summed E-state index contributed by atoms with van der Waals surface area (Å²) in [5.74, 6) is -0.353. The third-order valence-electron chi connectivity index (χ3n) is 2.22. The standard InChI is InChI=1S/C10H8F3N3O/c11-10(12,13)6-2-1-3-7(4-6)16-9(17)5-8(14)15-16/h1-4H,5H2,(H2,14,15). The summed E-state index contributed by atoms with van der Waals surface area (Å²) in [6.07, 6.45) is -4.52. The Morgan fingerprint density at radius 1 is 1.35 bits per heavy atom. The molecule has 2 N–H and O–H groups in total. The van der Waals surface area contributed by atoms with Crippen LogP contribution in [0.1, 0.15) is 12.0 Å². The van der Waals surface area contributed by atoms with Gasteiger partial charge in [-0.2, -0.15) is 23.3 Å². The molecule has 0 atom stereocenters. The Kier molecular flexibility index (Phi) is 2.53. The van der Waals surface area contributed by atoms with Gasteiger partial charge in [-0.15, -0.1) is 0 Å². The average molecular weight is 243 g/mol. The molecule has 90 valence electrons. The van der Waals surface area contributed by atoms with Gasteiger partial charge in [-0.05, 0) is 18.2 Å². The van der Waals surface area contributed by atoms with Crippen LogP contribution in [0, 0.1) is 0 Å². The van der Waals surface area contributed by atoms with Gasteiger partial charge in [0.15, 0.2) is 0 Å². The number of anilines is 1. The van der Waals surface area contributed by atoms with Crippen molar-refractivity contribution in [2.75, 3.05) is 5.01 Å². The first kappa shape index (κ1) is 11.4. The molecule has 0 spiro atoms. The van der Waals surface area contributed by atoms with Gasteiger partial charge in [-0.25, -0.2) is 0 Å². The van der Waals surface area contributed by atoms with E-state index in [1.54, 1.807) is 0 Å². The second kappa shape index (κ2) is 3.76. The topological polar surface area (TPSA) is 58.7 Å². The summed E-state index contributed by atoms with van der Waals surface area (Å²) < 4.78 is 37.4. The van der Waals surface area contributed by atoms with E-state index < -0.39 is 17.6 Å². The van der Waals surface area contributed by atoms with Crippen molar-refractivity contribution in [1.82, 2.24) is 0 Å². The summed E-state index contributed by atoms with van der Waals surface area (Å²) in [5.41, 5.74) is 4.57. The van der Waals surface area contributed by atoms with E-state index in [4.69, 9.17) is 5.73 Å². The Morgan fingerprint density at radius 3 is 2.59 bits per heavy atom. The number of alkyl halides is 3. The third kappa shape index (κ3) is 2.22. The predicted molar refractivity (Wildman–Crippen MR) is 55.2 cm³/mol. The molecule has 0 unspecified atom stereocenters. The van der Waals surface area contributed by atoms with E-state index in [9.17, 15) is 18.0 Å². The van der Waals surface area contributed by atoms with E-state index in [1.807, 2.05) is 0 Å². The zero-order valence-corrected chi connectivity index (χ0v) is 8.53. The van der Waals surface area contributed by atoms with Crippen LogP contribution in [0.4, 0.5) is 18.9 Å². The van der Waals surface area contributed by atoms with Crippen LogP contribution in [0.5, 0.6) is 0 Å². The van der Waals surface area contributed by atoms with E-state index in [1.165, 1.54) is 12.1 Å². The summed E-state index contributed by atoms with van der Waals surface area (Å²) in [7, 11) is 0. The largest absolute Gasteiger partial charge is 0.416 e. The van der Waals surface area contributed by atoms with Gasteiger partial charge in [-0.1, -0.05) is 6.07 Å². The van der Waals surface area contributed by atoms with Gasteiger partial charge in [0.2, 0.25) is 0 Å². The van der Waals surface area contributed by atoms with Crippen LogP contribution in [0.3, 0.4) is 0 Å². The van der Waals surface area contributed by atoms with Gasteiger partial charge in [0, 0.05) is 0 Å². The molecule has 1 aliphatic heterocycles. The molecule has 1 aromatic carbocycles. The van der Waals surface area contributed by atoms with E-state index in [0.29, 0.717) is 0 Å². The first-order valence-electron chi connectivity index (χ1n) is 4.71. The number of rotatable bonds is 1. The van der Waals surface area contributed by atoms with Gasteiger partial charge in [0.25, 0.3) is 5.91 Å². The Morgan fingerprint density at radius 2 is 2.06 bits per heavy atom. The first-order valence-corrected chi connectivity index (χ1v) is 4.71. The molecule has 17 heavy (non-hydrogen) atoms. The van der Waals surface area contributed by atoms with Crippen LogP contribution in [0.2, 0.25) is 0 Å². The quantitative estimate of drug-likeness (QED) is 0.816. The minimum absolute atomic E-state index is 0.0604. The number of nitrogens with zero attached hydrogens (tertiary/aromatic N) is 2. The first-order chi connectivity index (χ1) is 7.88. The van der Waals surface area contributed by atoms with Crippen LogP contribution in [0.15, 0.2) is 29.4 Å². The maximum Gasteiger partial charge on any atom is 0.416 e. The Balaban J connectivity index is 2.38. The molecule has 1 aromatic rings. The van der Waals surface area contributed by atoms with E-state index in [0.717, 1.165) is 17.1 Å². The second-order valence-electron chi connectivity index (χ2n) is 3.52. The van der Waals surface area contributed by atoms with Crippen LogP contribution in [0.25, 0.3) is 0 Å². The summed E-state index contributed by atoms with van der Waals surface area (Å²) in [5, 5.41) is 4.55. The summed E-state index contributed by atoms with van der Waals surface area (Å²) >= 11 is 0. The third-order valence-corrected chi connectivity index (χ3v) is 2.22. The molecule has 0 fully saturated rings. The highest BCUT2D eigenvalue weighted by atomic mass is 19.4. The number of nitrogens with two attached hydrogens (primary N) is 1. The minimum atomic E-state index is -4.45. The Labute approximate surface area is 94.5 Å². The lowest BCUT2D eigenvalue weighted by Gasteiger charge is -2.13. The fourth-order valence-electron chi connectivity index (χ4n) is 1.47. The second-order valence-corrected chi connectivity index (χ2v) is 3.52. The minimum Gasteiger partial charge on any atom is -0.385 e. The highest BCUT2D eigenvalue weighted by Crippen LogP contribution is 2.32. The summed E-state index contributed by atoms with van der Waals surface area (Å²) in [6, 6.07) is 4.38. The molecule has 2 rings (SSSR count). The zero-order chi connectivity index (χ0) is 12.6. The lowest BCUT2D eigenvalue weighted by Crippen LogP contribution is -2.20. The number of amidine groups is 1. The van der Waals surface area contributed by atoms with Gasteiger partial charge in [0.1, 0.15) is 5.84 Å². The lowest BCUT2D eigenvalue weighted by atomic mass is 10.2. The molecule has 0 saturated carbocycles. The van der Waals surface area contributed by atoms with Gasteiger partial charge >= 0.3 is 6.18 Å². The van der Waals surface area contributed by atoms with Crippen LogP contribution < -0.4 is 10.7 Å². The molecule has 0 aliphatic carbocycles. The van der Waals surface area contributed by atoms with Gasteiger partial charge in [-0.3, -0.25) is 4.79 Å². The van der Waals surface area contributed by atoms with Crippen molar-refractivity contribution in [3.63, 3.8) is 0 Å². The van der Waals surface area contributed by atoms with E-state index >= 15 is 0 Å². The Hall–Kier alpha value is -2.05. The van der Waals surface area contributed by atoms with Crippen molar-refractivity contribution in [3.05, 3.63) is 29.8 Å². The highest BCUT2D eigenvalue weighted by Gasteiger charge is 2.32. The molecule has 4 nitrogen and oxygen atoms in total. The monoisotopic (exact) mass is 243 g/mol. The number of carbonyl (C=O) groups excluding carboxylic acids is 1. The number of amides is 1. The smallest absolute Gasteiger partial charge is 0.385 e. The zero-order valence-electron chi connectivity index (χ0n) is 8.53. The molecular weight excluding hydrogens is 235 g/mol. The lowest BCUT2D eigenvalue weighted by molar-refractivity contribution is -0.137. The maximum absolute atomic E-state index is 12.5. The molecule has 1 amide bonds. The Bertz CT molecular complexity index is 496. The molecule has 1 aliphatic rings. The molecule has 0 saturated heterocycles. The van der Waals surface area contributed by atoms with Crippen molar-refractivity contribution in [3.8, 4) is 0 Å². The van der Waals surface area contributed by atoms with Crippen molar-refractivity contribution < 1.29 is 18.0 Å². The number of hydrogen-bond acceptors (Lipinski definition) is 3. The summed E-state index contributed by atoms with van der Waals surface area (Å²) in [4.78, 5) is 11.4. The van der Waals surface area contributed by atoms with E-state index in [2.05, 4.69) is 5.10 Å². The normalized spacial score (nSPS) is 16.3. The SMILES string of the molecule is NC1=NN(c2cccc(C(F)(F)F)c2)C(=O)C1. The molecule has 7 heteroatoms. The van der Waals surface area contributed by atoms with Crippen LogP contribution in [-0.2, 0) is 11.0 Å². The number of hydrogen-bond donors (Lipinski definition) is 1. The predicted octanol–water partition coefficient (Wildman–Crippen LogP) is 1.71. The van der Waals surface area contributed by atoms with Crippen molar-refractivity contribution >= 4 is 17.4 Å². The molecule has 1 heterocycles. The fraction of sp³-hybridized carbons (Fsp3) is 0.200. The van der Waals surface area contributed by atoms with Gasteiger partial charge in [0.05, 0.1) is 17.7 Å². The fourth-order valence-corrected chi connectivity index (χ4v) is 1.47.